The first-order valence-corrected chi connectivity index (χ1v) is 7.32. The predicted molar refractivity (Wildman–Crippen MR) is 91.0 cm³/mol. The molecular formula is C20H19N. The van der Waals surface area contributed by atoms with Crippen molar-refractivity contribution in [1.29, 1.82) is 0 Å². The van der Waals surface area contributed by atoms with Gasteiger partial charge < -0.3 is 0 Å². The van der Waals surface area contributed by atoms with Gasteiger partial charge >= 0.3 is 0 Å². The molecule has 0 aliphatic heterocycles. The number of nitrogens with zero attached hydrogens (tertiary/aromatic N) is 1. The van der Waals surface area contributed by atoms with Crippen LogP contribution in [0.1, 0.15) is 31.0 Å². The summed E-state index contributed by atoms with van der Waals surface area (Å²) < 4.78 is 0. The third-order valence-corrected chi connectivity index (χ3v) is 3.83. The standard InChI is InChI=1S/C20H19N/c1-15(17-8-4-3-5-9-17)21-16(2)19-13-12-18-10-6-7-11-20(18)14-19/h3-14,16H,1-2H3/t16-/m1/s1. The molecule has 1 nitrogen and oxygen atoms in total. The maximum absolute atomic E-state index is 4.84. The Hall–Kier alpha value is -2.41. The minimum Gasteiger partial charge on any atom is -0.282 e. The fourth-order valence-corrected chi connectivity index (χ4v) is 2.59. The fraction of sp³-hybridized carbons (Fsp3) is 0.150. The minimum absolute atomic E-state index is 0.162. The van der Waals surface area contributed by atoms with Crippen LogP contribution in [-0.2, 0) is 0 Å². The van der Waals surface area contributed by atoms with Crippen LogP contribution in [0.4, 0.5) is 0 Å². The van der Waals surface area contributed by atoms with E-state index in [-0.39, 0.29) is 6.04 Å². The predicted octanol–water partition coefficient (Wildman–Crippen LogP) is 5.41. The number of hydrogen-bond donors (Lipinski definition) is 0. The van der Waals surface area contributed by atoms with Crippen molar-refractivity contribution in [3.63, 3.8) is 0 Å². The highest BCUT2D eigenvalue weighted by Crippen LogP contribution is 2.23. The molecule has 0 heterocycles. The van der Waals surface area contributed by atoms with Gasteiger partial charge in [0.15, 0.2) is 0 Å². The molecule has 0 aliphatic carbocycles. The van der Waals surface area contributed by atoms with Crippen LogP contribution >= 0.6 is 0 Å². The maximum Gasteiger partial charge on any atom is 0.0724 e. The van der Waals surface area contributed by atoms with E-state index in [0.717, 1.165) is 5.71 Å². The van der Waals surface area contributed by atoms with E-state index >= 15 is 0 Å². The van der Waals surface area contributed by atoms with E-state index in [1.807, 2.05) is 6.07 Å². The summed E-state index contributed by atoms with van der Waals surface area (Å²) in [6.07, 6.45) is 0. The summed E-state index contributed by atoms with van der Waals surface area (Å²) in [4.78, 5) is 4.84. The molecule has 21 heavy (non-hydrogen) atoms. The van der Waals surface area contributed by atoms with Gasteiger partial charge in [-0.2, -0.15) is 0 Å². The lowest BCUT2D eigenvalue weighted by Crippen LogP contribution is -1.98. The van der Waals surface area contributed by atoms with E-state index in [0.29, 0.717) is 0 Å². The number of fused-ring (bicyclic) bond motifs is 1. The Kier molecular flexibility index (Phi) is 3.83. The van der Waals surface area contributed by atoms with Gasteiger partial charge in [0.2, 0.25) is 0 Å². The summed E-state index contributed by atoms with van der Waals surface area (Å²) in [7, 11) is 0. The molecule has 0 fully saturated rings. The van der Waals surface area contributed by atoms with Crippen LogP contribution in [0.25, 0.3) is 10.8 Å². The van der Waals surface area contributed by atoms with Crippen molar-refractivity contribution < 1.29 is 0 Å². The summed E-state index contributed by atoms with van der Waals surface area (Å²) >= 11 is 0. The van der Waals surface area contributed by atoms with Crippen LogP contribution < -0.4 is 0 Å². The number of benzene rings is 3. The third kappa shape index (κ3) is 3.03. The van der Waals surface area contributed by atoms with Crippen molar-refractivity contribution in [1.82, 2.24) is 0 Å². The molecule has 1 atom stereocenters. The first-order chi connectivity index (χ1) is 10.2. The smallest absolute Gasteiger partial charge is 0.0724 e. The molecule has 3 rings (SSSR count). The number of aliphatic imine (C=N–C) groups is 1. The second kappa shape index (κ2) is 5.92. The van der Waals surface area contributed by atoms with E-state index in [1.165, 1.54) is 21.9 Å². The maximum atomic E-state index is 4.84. The van der Waals surface area contributed by atoms with Gasteiger partial charge in [0, 0.05) is 5.71 Å². The first kappa shape index (κ1) is 13.6. The molecule has 1 heteroatoms. The SMILES string of the molecule is CC(=N[C@H](C)c1ccc2ccccc2c1)c1ccccc1. The highest BCUT2D eigenvalue weighted by atomic mass is 14.8. The average molecular weight is 273 g/mol. The monoisotopic (exact) mass is 273 g/mol. The Labute approximate surface area is 126 Å². The topological polar surface area (TPSA) is 12.4 Å². The van der Waals surface area contributed by atoms with Crippen LogP contribution in [0.3, 0.4) is 0 Å². The first-order valence-electron chi connectivity index (χ1n) is 7.32. The molecule has 0 amide bonds. The molecule has 0 radical (unpaired) electrons. The fourth-order valence-electron chi connectivity index (χ4n) is 2.59. The lowest BCUT2D eigenvalue weighted by molar-refractivity contribution is 0.821. The molecular weight excluding hydrogens is 254 g/mol. The quantitative estimate of drug-likeness (QED) is 0.566. The molecule has 0 saturated carbocycles. The largest absolute Gasteiger partial charge is 0.282 e. The molecule has 0 N–H and O–H groups in total. The van der Waals surface area contributed by atoms with E-state index in [4.69, 9.17) is 4.99 Å². The van der Waals surface area contributed by atoms with Crippen molar-refractivity contribution in [2.24, 2.45) is 4.99 Å². The van der Waals surface area contributed by atoms with Crippen LogP contribution in [0.5, 0.6) is 0 Å². The van der Waals surface area contributed by atoms with Crippen LogP contribution in [-0.4, -0.2) is 5.71 Å². The second-order valence-corrected chi connectivity index (χ2v) is 5.36. The van der Waals surface area contributed by atoms with Gasteiger partial charge in [-0.25, -0.2) is 0 Å². The Morgan fingerprint density at radius 3 is 2.24 bits per heavy atom. The van der Waals surface area contributed by atoms with Gasteiger partial charge in [-0.15, -0.1) is 0 Å². The van der Waals surface area contributed by atoms with Crippen molar-refractivity contribution in [3.8, 4) is 0 Å². The molecule has 3 aromatic carbocycles. The molecule has 0 unspecified atom stereocenters. The van der Waals surface area contributed by atoms with E-state index in [2.05, 4.69) is 80.6 Å². The highest BCUT2D eigenvalue weighted by Gasteiger charge is 2.06. The van der Waals surface area contributed by atoms with Crippen LogP contribution in [0, 0.1) is 0 Å². The Morgan fingerprint density at radius 2 is 1.48 bits per heavy atom. The average Bonchev–Trinajstić information content (AvgIpc) is 2.55. The molecule has 104 valence electrons. The molecule has 0 bridgehead atoms. The van der Waals surface area contributed by atoms with Gasteiger partial charge in [-0.05, 0) is 41.8 Å². The second-order valence-electron chi connectivity index (χ2n) is 5.36. The normalized spacial score (nSPS) is 13.3. The summed E-state index contributed by atoms with van der Waals surface area (Å²) in [5, 5.41) is 2.55. The number of rotatable bonds is 3. The minimum atomic E-state index is 0.162. The Morgan fingerprint density at radius 1 is 0.810 bits per heavy atom. The zero-order valence-corrected chi connectivity index (χ0v) is 12.5. The Bertz CT molecular complexity index is 772. The van der Waals surface area contributed by atoms with Gasteiger partial charge in [0.05, 0.1) is 6.04 Å². The van der Waals surface area contributed by atoms with Gasteiger partial charge in [-0.3, -0.25) is 4.99 Å². The van der Waals surface area contributed by atoms with Crippen LogP contribution in [0.2, 0.25) is 0 Å². The summed E-state index contributed by atoms with van der Waals surface area (Å²) in [6.45, 7) is 4.23. The van der Waals surface area contributed by atoms with Gasteiger partial charge in [0.25, 0.3) is 0 Å². The molecule has 0 aliphatic rings. The summed E-state index contributed by atoms with van der Waals surface area (Å²) in [5.41, 5.74) is 3.52. The van der Waals surface area contributed by atoms with Crippen molar-refractivity contribution in [2.45, 2.75) is 19.9 Å². The third-order valence-electron chi connectivity index (χ3n) is 3.83. The molecule has 0 saturated heterocycles. The van der Waals surface area contributed by atoms with Crippen molar-refractivity contribution in [3.05, 3.63) is 83.9 Å². The van der Waals surface area contributed by atoms with Crippen molar-refractivity contribution >= 4 is 16.5 Å². The van der Waals surface area contributed by atoms with E-state index in [1.54, 1.807) is 0 Å². The molecule has 0 spiro atoms. The number of hydrogen-bond acceptors (Lipinski definition) is 1. The summed E-state index contributed by atoms with van der Waals surface area (Å²) in [5.74, 6) is 0. The van der Waals surface area contributed by atoms with Gasteiger partial charge in [0.1, 0.15) is 0 Å². The zero-order valence-electron chi connectivity index (χ0n) is 12.5. The lowest BCUT2D eigenvalue weighted by Gasteiger charge is -2.10. The zero-order chi connectivity index (χ0) is 14.7. The highest BCUT2D eigenvalue weighted by molar-refractivity contribution is 5.98. The molecule has 0 aromatic heterocycles. The summed E-state index contributed by atoms with van der Waals surface area (Å²) in [6, 6.07) is 25.5. The Balaban J connectivity index is 1.91. The lowest BCUT2D eigenvalue weighted by atomic mass is 10.0. The van der Waals surface area contributed by atoms with Crippen molar-refractivity contribution in [2.75, 3.05) is 0 Å². The van der Waals surface area contributed by atoms with Gasteiger partial charge in [-0.1, -0.05) is 66.7 Å². The van der Waals surface area contributed by atoms with E-state index < -0.39 is 0 Å². The molecule has 3 aromatic rings. The van der Waals surface area contributed by atoms with E-state index in [9.17, 15) is 0 Å². The van der Waals surface area contributed by atoms with Crippen LogP contribution in [0.15, 0.2) is 77.8 Å².